The van der Waals surface area contributed by atoms with Crippen molar-refractivity contribution >= 4 is 56.4 Å². The van der Waals surface area contributed by atoms with E-state index >= 15 is 0 Å². The van der Waals surface area contributed by atoms with Gasteiger partial charge in [0.25, 0.3) is 0 Å². The standard InChI is InChI=1S/C18H17ClN2O4S2/c1-11-18(23)21-15-10-14(6-7-16(15)26-11)27(24,25)9-8-17(22)20-13-4-2-12(19)3-5-13/h2-7,10-11H,8-9H2,1H3,(H,20,22)(H,21,23)/t11-/m0/s1. The topological polar surface area (TPSA) is 92.3 Å². The molecular weight excluding hydrogens is 408 g/mol. The number of thioether (sulfide) groups is 1. The molecule has 0 aliphatic carbocycles. The summed E-state index contributed by atoms with van der Waals surface area (Å²) in [6.07, 6.45) is -0.180. The first-order chi connectivity index (χ1) is 12.7. The van der Waals surface area contributed by atoms with E-state index in [-0.39, 0.29) is 28.2 Å². The molecule has 3 rings (SSSR count). The Kier molecular flexibility index (Phi) is 5.78. The number of amides is 2. The second kappa shape index (κ2) is 7.92. The molecule has 2 aromatic carbocycles. The van der Waals surface area contributed by atoms with Crippen LogP contribution in [0, 0.1) is 0 Å². The number of carbonyl (C=O) groups is 2. The molecule has 0 radical (unpaired) electrons. The molecule has 0 fully saturated rings. The molecule has 142 valence electrons. The predicted octanol–water partition coefficient (Wildman–Crippen LogP) is 3.58. The molecule has 9 heteroatoms. The third-order valence-electron chi connectivity index (χ3n) is 3.97. The Bertz CT molecular complexity index is 991. The minimum atomic E-state index is -3.66. The molecule has 1 heterocycles. The molecule has 0 saturated carbocycles. The number of carbonyl (C=O) groups excluding carboxylic acids is 2. The van der Waals surface area contributed by atoms with Gasteiger partial charge in [0.2, 0.25) is 11.8 Å². The summed E-state index contributed by atoms with van der Waals surface area (Å²) in [5.41, 5.74) is 1.03. The van der Waals surface area contributed by atoms with Crippen LogP contribution in [0.15, 0.2) is 52.3 Å². The maximum absolute atomic E-state index is 12.5. The van der Waals surface area contributed by atoms with Crippen molar-refractivity contribution in [2.75, 3.05) is 16.4 Å². The van der Waals surface area contributed by atoms with Crippen molar-refractivity contribution in [1.29, 1.82) is 0 Å². The van der Waals surface area contributed by atoms with E-state index < -0.39 is 15.7 Å². The van der Waals surface area contributed by atoms with E-state index in [0.717, 1.165) is 4.90 Å². The lowest BCUT2D eigenvalue weighted by atomic mass is 10.3. The zero-order chi connectivity index (χ0) is 19.6. The highest BCUT2D eigenvalue weighted by Crippen LogP contribution is 2.36. The monoisotopic (exact) mass is 424 g/mol. The number of nitrogens with one attached hydrogen (secondary N) is 2. The summed E-state index contributed by atoms with van der Waals surface area (Å²) >= 11 is 7.16. The van der Waals surface area contributed by atoms with Crippen molar-refractivity contribution < 1.29 is 18.0 Å². The fraction of sp³-hybridized carbons (Fsp3) is 0.222. The number of hydrogen-bond acceptors (Lipinski definition) is 5. The van der Waals surface area contributed by atoms with Crippen LogP contribution in [0.2, 0.25) is 5.02 Å². The Morgan fingerprint density at radius 2 is 1.93 bits per heavy atom. The Morgan fingerprint density at radius 1 is 1.22 bits per heavy atom. The average Bonchev–Trinajstić information content (AvgIpc) is 2.62. The van der Waals surface area contributed by atoms with Crippen LogP contribution in [-0.4, -0.2) is 31.2 Å². The predicted molar refractivity (Wildman–Crippen MR) is 107 cm³/mol. The Morgan fingerprint density at radius 3 is 2.63 bits per heavy atom. The van der Waals surface area contributed by atoms with Crippen LogP contribution in [0.5, 0.6) is 0 Å². The van der Waals surface area contributed by atoms with Crippen LogP contribution in [0.4, 0.5) is 11.4 Å². The zero-order valence-electron chi connectivity index (χ0n) is 14.4. The van der Waals surface area contributed by atoms with E-state index in [1.54, 1.807) is 37.3 Å². The van der Waals surface area contributed by atoms with E-state index in [1.165, 1.54) is 23.9 Å². The molecule has 1 atom stereocenters. The number of fused-ring (bicyclic) bond motifs is 1. The number of hydrogen-bond donors (Lipinski definition) is 2. The summed E-state index contributed by atoms with van der Waals surface area (Å²) in [6, 6.07) is 11.2. The van der Waals surface area contributed by atoms with Crippen LogP contribution in [0.3, 0.4) is 0 Å². The molecule has 27 heavy (non-hydrogen) atoms. The van der Waals surface area contributed by atoms with Gasteiger partial charge in [0, 0.05) is 22.0 Å². The molecule has 1 aliphatic heterocycles. The van der Waals surface area contributed by atoms with Gasteiger partial charge in [-0.1, -0.05) is 11.6 Å². The van der Waals surface area contributed by atoms with Gasteiger partial charge in [0.1, 0.15) is 0 Å². The molecule has 2 N–H and O–H groups in total. The van der Waals surface area contributed by atoms with Gasteiger partial charge in [-0.25, -0.2) is 8.42 Å². The highest BCUT2D eigenvalue weighted by atomic mass is 35.5. The van der Waals surface area contributed by atoms with Crippen LogP contribution in [-0.2, 0) is 19.4 Å². The second-order valence-electron chi connectivity index (χ2n) is 6.03. The Balaban J connectivity index is 1.66. The van der Waals surface area contributed by atoms with Crippen molar-refractivity contribution in [1.82, 2.24) is 0 Å². The summed E-state index contributed by atoms with van der Waals surface area (Å²) < 4.78 is 25.1. The van der Waals surface area contributed by atoms with Crippen molar-refractivity contribution in [3.63, 3.8) is 0 Å². The molecule has 0 bridgehead atoms. The van der Waals surface area contributed by atoms with Gasteiger partial charge in [-0.2, -0.15) is 0 Å². The van der Waals surface area contributed by atoms with Crippen molar-refractivity contribution in [2.24, 2.45) is 0 Å². The van der Waals surface area contributed by atoms with Gasteiger partial charge in [0.15, 0.2) is 9.84 Å². The third kappa shape index (κ3) is 4.82. The molecule has 0 spiro atoms. The largest absolute Gasteiger partial charge is 0.326 e. The molecule has 0 saturated heterocycles. The number of anilines is 2. The third-order valence-corrected chi connectivity index (χ3v) is 7.11. The maximum atomic E-state index is 12.5. The van der Waals surface area contributed by atoms with Crippen LogP contribution in [0.25, 0.3) is 0 Å². The Hall–Kier alpha value is -2.03. The lowest BCUT2D eigenvalue weighted by Gasteiger charge is -2.21. The maximum Gasteiger partial charge on any atom is 0.237 e. The highest BCUT2D eigenvalue weighted by Gasteiger charge is 2.25. The first-order valence-electron chi connectivity index (χ1n) is 8.14. The first-order valence-corrected chi connectivity index (χ1v) is 11.1. The summed E-state index contributed by atoms with van der Waals surface area (Å²) in [7, 11) is -3.66. The van der Waals surface area contributed by atoms with Crippen molar-refractivity contribution in [3.05, 3.63) is 47.5 Å². The number of rotatable bonds is 5. The summed E-state index contributed by atoms with van der Waals surface area (Å²) in [6.45, 7) is 1.78. The average molecular weight is 425 g/mol. The molecule has 0 unspecified atom stereocenters. The molecular formula is C18H17ClN2O4S2. The number of benzene rings is 2. The normalized spacial score (nSPS) is 16.4. The summed E-state index contributed by atoms with van der Waals surface area (Å²) in [4.78, 5) is 24.7. The minimum Gasteiger partial charge on any atom is -0.326 e. The minimum absolute atomic E-state index is 0.0796. The first kappa shape index (κ1) is 19.7. The van der Waals surface area contributed by atoms with Crippen molar-refractivity contribution in [3.8, 4) is 0 Å². The van der Waals surface area contributed by atoms with Gasteiger partial charge in [-0.15, -0.1) is 11.8 Å². The molecule has 6 nitrogen and oxygen atoms in total. The van der Waals surface area contributed by atoms with E-state index in [2.05, 4.69) is 10.6 Å². The summed E-state index contributed by atoms with van der Waals surface area (Å²) in [5.74, 6) is -0.899. The summed E-state index contributed by atoms with van der Waals surface area (Å²) in [5, 5.41) is 5.66. The van der Waals surface area contributed by atoms with Gasteiger partial charge in [-0.3, -0.25) is 9.59 Å². The number of sulfone groups is 1. The molecule has 2 amide bonds. The molecule has 2 aromatic rings. The lowest BCUT2D eigenvalue weighted by molar-refractivity contribution is -0.116. The van der Waals surface area contributed by atoms with Gasteiger partial charge in [-0.05, 0) is 49.4 Å². The van der Waals surface area contributed by atoms with E-state index in [9.17, 15) is 18.0 Å². The molecule has 0 aromatic heterocycles. The lowest BCUT2D eigenvalue weighted by Crippen LogP contribution is -2.26. The number of halogens is 1. The second-order valence-corrected chi connectivity index (χ2v) is 9.96. The van der Waals surface area contributed by atoms with Gasteiger partial charge < -0.3 is 10.6 Å². The van der Waals surface area contributed by atoms with E-state index in [4.69, 9.17) is 11.6 Å². The van der Waals surface area contributed by atoms with Crippen LogP contribution >= 0.6 is 23.4 Å². The van der Waals surface area contributed by atoms with E-state index in [1.807, 2.05) is 0 Å². The molecule has 1 aliphatic rings. The fourth-order valence-corrected chi connectivity index (χ4v) is 4.80. The highest BCUT2D eigenvalue weighted by molar-refractivity contribution is 8.01. The quantitative estimate of drug-likeness (QED) is 0.765. The smallest absolute Gasteiger partial charge is 0.237 e. The van der Waals surface area contributed by atoms with Crippen molar-refractivity contribution in [2.45, 2.75) is 28.4 Å². The zero-order valence-corrected chi connectivity index (χ0v) is 16.7. The van der Waals surface area contributed by atoms with Gasteiger partial charge >= 0.3 is 0 Å². The Labute approximate surface area is 166 Å². The van der Waals surface area contributed by atoms with Crippen LogP contribution in [0.1, 0.15) is 13.3 Å². The SMILES string of the molecule is C[C@@H]1Sc2ccc(S(=O)(=O)CCC(=O)Nc3ccc(Cl)cc3)cc2NC1=O. The van der Waals surface area contributed by atoms with E-state index in [0.29, 0.717) is 16.4 Å². The van der Waals surface area contributed by atoms with Crippen LogP contribution < -0.4 is 10.6 Å². The fourth-order valence-electron chi connectivity index (χ4n) is 2.48. The van der Waals surface area contributed by atoms with Gasteiger partial charge in [0.05, 0.1) is 21.6 Å².